The lowest BCUT2D eigenvalue weighted by atomic mass is 9.82. The zero-order valence-corrected chi connectivity index (χ0v) is 25.3. The number of hydrogen-bond acceptors (Lipinski definition) is 2. The number of nitrogens with zero attached hydrogens (tertiary/aromatic N) is 1. The van der Waals surface area contributed by atoms with Crippen molar-refractivity contribution in [2.24, 2.45) is 0 Å². The van der Waals surface area contributed by atoms with Crippen molar-refractivity contribution >= 4 is 49.8 Å². The van der Waals surface area contributed by atoms with Gasteiger partial charge in [0.05, 0.1) is 0 Å². The summed E-state index contributed by atoms with van der Waals surface area (Å²) in [5, 5.41) is 4.85. The Morgan fingerprint density at radius 2 is 1.16 bits per heavy atom. The van der Waals surface area contributed by atoms with Crippen LogP contribution in [0, 0.1) is 0 Å². The highest BCUT2D eigenvalue weighted by molar-refractivity contribution is 6.15. The fraction of sp³-hybridized carbons (Fsp3) is 0.0698. The summed E-state index contributed by atoms with van der Waals surface area (Å²) < 4.78 is 6.31. The Labute approximate surface area is 262 Å². The summed E-state index contributed by atoms with van der Waals surface area (Å²) in [6, 6.07) is 54.7. The fourth-order valence-electron chi connectivity index (χ4n) is 7.37. The molecule has 214 valence electrons. The van der Waals surface area contributed by atoms with Crippen molar-refractivity contribution in [3.63, 3.8) is 0 Å². The molecule has 0 radical (unpaired) electrons. The number of rotatable bonds is 4. The summed E-state index contributed by atoms with van der Waals surface area (Å²) in [5.74, 6) is 0. The molecule has 45 heavy (non-hydrogen) atoms. The van der Waals surface area contributed by atoms with Crippen LogP contribution in [0.25, 0.3) is 55.0 Å². The van der Waals surface area contributed by atoms with Crippen molar-refractivity contribution in [2.75, 3.05) is 4.90 Å². The van der Waals surface area contributed by atoms with Gasteiger partial charge in [-0.2, -0.15) is 0 Å². The minimum absolute atomic E-state index is 0.167. The van der Waals surface area contributed by atoms with E-state index in [1.54, 1.807) is 0 Å². The van der Waals surface area contributed by atoms with Crippen molar-refractivity contribution in [2.45, 2.75) is 19.3 Å². The van der Waals surface area contributed by atoms with Gasteiger partial charge in [0.2, 0.25) is 0 Å². The lowest BCUT2D eigenvalue weighted by Crippen LogP contribution is -2.16. The minimum Gasteiger partial charge on any atom is -0.456 e. The van der Waals surface area contributed by atoms with Gasteiger partial charge in [-0.25, -0.2) is 0 Å². The van der Waals surface area contributed by atoms with Crippen molar-refractivity contribution in [1.82, 2.24) is 0 Å². The first kappa shape index (κ1) is 25.9. The maximum Gasteiger partial charge on any atom is 0.136 e. The van der Waals surface area contributed by atoms with Crippen LogP contribution in [0.2, 0.25) is 0 Å². The smallest absolute Gasteiger partial charge is 0.136 e. The Morgan fingerprint density at radius 3 is 2.00 bits per heavy atom. The monoisotopic (exact) mass is 577 g/mol. The van der Waals surface area contributed by atoms with Gasteiger partial charge in [-0.15, -0.1) is 0 Å². The third-order valence-corrected chi connectivity index (χ3v) is 9.64. The zero-order valence-electron chi connectivity index (χ0n) is 25.3. The Kier molecular flexibility index (Phi) is 5.58. The van der Waals surface area contributed by atoms with Gasteiger partial charge in [0.1, 0.15) is 11.2 Å². The summed E-state index contributed by atoms with van der Waals surface area (Å²) in [5.41, 5.74) is 12.8. The molecule has 1 heterocycles. The maximum absolute atomic E-state index is 6.31. The van der Waals surface area contributed by atoms with Gasteiger partial charge in [-0.05, 0) is 92.7 Å². The Balaban J connectivity index is 1.24. The van der Waals surface area contributed by atoms with E-state index < -0.39 is 0 Å². The van der Waals surface area contributed by atoms with Crippen LogP contribution in [0.5, 0.6) is 0 Å². The Bertz CT molecular complexity index is 2400. The molecular formula is C43H31NO. The van der Waals surface area contributed by atoms with Gasteiger partial charge < -0.3 is 9.32 Å². The highest BCUT2D eigenvalue weighted by Gasteiger charge is 2.38. The number of para-hydroxylation sites is 1. The number of fused-ring (bicyclic) bond motifs is 8. The molecule has 0 saturated carbocycles. The number of benzene rings is 7. The summed E-state index contributed by atoms with van der Waals surface area (Å²) >= 11 is 0. The summed E-state index contributed by atoms with van der Waals surface area (Å²) in [4.78, 5) is 2.39. The molecule has 8 aromatic rings. The number of furan rings is 1. The van der Waals surface area contributed by atoms with Gasteiger partial charge in [-0.3, -0.25) is 0 Å². The molecule has 1 aliphatic carbocycles. The molecule has 0 bridgehead atoms. The van der Waals surface area contributed by atoms with Crippen molar-refractivity contribution in [3.05, 3.63) is 163 Å². The third-order valence-electron chi connectivity index (χ3n) is 9.64. The first-order chi connectivity index (χ1) is 22.1. The topological polar surface area (TPSA) is 16.4 Å². The first-order valence-electron chi connectivity index (χ1n) is 15.6. The first-order valence-corrected chi connectivity index (χ1v) is 15.6. The number of hydrogen-bond donors (Lipinski definition) is 0. The lowest BCUT2D eigenvalue weighted by Gasteiger charge is -2.28. The Morgan fingerprint density at radius 1 is 0.489 bits per heavy atom. The van der Waals surface area contributed by atoms with Gasteiger partial charge in [-0.1, -0.05) is 117 Å². The van der Waals surface area contributed by atoms with Crippen molar-refractivity contribution < 1.29 is 4.42 Å². The van der Waals surface area contributed by atoms with Crippen LogP contribution in [0.1, 0.15) is 25.0 Å². The molecule has 0 saturated heterocycles. The molecule has 0 fully saturated rings. The quantitative estimate of drug-likeness (QED) is 0.207. The van der Waals surface area contributed by atoms with Crippen LogP contribution in [0.4, 0.5) is 17.1 Å². The second kappa shape index (κ2) is 9.70. The molecule has 2 nitrogen and oxygen atoms in total. The fourth-order valence-corrected chi connectivity index (χ4v) is 7.37. The van der Waals surface area contributed by atoms with Gasteiger partial charge in [0.25, 0.3) is 0 Å². The average molecular weight is 578 g/mol. The molecule has 0 atom stereocenters. The highest BCUT2D eigenvalue weighted by atomic mass is 16.3. The van der Waals surface area contributed by atoms with E-state index in [1.165, 1.54) is 54.9 Å². The van der Waals surface area contributed by atoms with E-state index in [1.807, 2.05) is 6.07 Å². The molecule has 2 heteroatoms. The van der Waals surface area contributed by atoms with Crippen LogP contribution in [0.3, 0.4) is 0 Å². The molecular weight excluding hydrogens is 546 g/mol. The molecule has 7 aromatic carbocycles. The lowest BCUT2D eigenvalue weighted by molar-refractivity contribution is 0.656. The van der Waals surface area contributed by atoms with E-state index in [-0.39, 0.29) is 5.41 Å². The second-order valence-corrected chi connectivity index (χ2v) is 12.6. The predicted molar refractivity (Wildman–Crippen MR) is 189 cm³/mol. The molecule has 0 unspecified atom stereocenters. The largest absolute Gasteiger partial charge is 0.456 e. The SMILES string of the molecule is CC1(C)c2cc(N(c3ccc(-c4ccccc4)cc3)c3ccc4ccccc4c3)ccc2-c2c1ccc1oc3ccccc3c21. The number of anilines is 3. The summed E-state index contributed by atoms with van der Waals surface area (Å²) in [7, 11) is 0. The zero-order chi connectivity index (χ0) is 30.1. The molecule has 0 N–H and O–H groups in total. The van der Waals surface area contributed by atoms with E-state index in [9.17, 15) is 0 Å². The van der Waals surface area contributed by atoms with Gasteiger partial charge in [0.15, 0.2) is 0 Å². The van der Waals surface area contributed by atoms with Gasteiger partial charge >= 0.3 is 0 Å². The van der Waals surface area contributed by atoms with Crippen LogP contribution < -0.4 is 4.90 Å². The standard InChI is InChI=1S/C43H31NO/c1-43(2)37-24-25-40-42(36-14-8-9-15-39(36)45-40)41(37)35-23-22-34(27-38(35)43)44(33-21-18-29-12-6-7-13-31(29)26-33)32-19-16-30(17-20-32)28-10-4-3-5-11-28/h3-27H,1-2H3. The highest BCUT2D eigenvalue weighted by Crippen LogP contribution is 2.54. The normalized spacial score (nSPS) is 13.3. The van der Waals surface area contributed by atoms with E-state index in [2.05, 4.69) is 164 Å². The average Bonchev–Trinajstić information content (AvgIpc) is 3.57. The van der Waals surface area contributed by atoms with Crippen LogP contribution in [0.15, 0.2) is 156 Å². The molecule has 1 aliphatic rings. The molecule has 0 aliphatic heterocycles. The minimum atomic E-state index is -0.167. The van der Waals surface area contributed by atoms with Crippen LogP contribution in [-0.4, -0.2) is 0 Å². The van der Waals surface area contributed by atoms with Crippen LogP contribution >= 0.6 is 0 Å². The molecule has 9 rings (SSSR count). The van der Waals surface area contributed by atoms with Crippen molar-refractivity contribution in [3.8, 4) is 22.3 Å². The predicted octanol–water partition coefficient (Wildman–Crippen LogP) is 12.2. The molecule has 0 spiro atoms. The van der Waals surface area contributed by atoms with Crippen molar-refractivity contribution in [1.29, 1.82) is 0 Å². The molecule has 1 aromatic heterocycles. The summed E-state index contributed by atoms with van der Waals surface area (Å²) in [6.07, 6.45) is 0. The third kappa shape index (κ3) is 3.96. The van der Waals surface area contributed by atoms with Gasteiger partial charge in [0, 0.05) is 33.2 Å². The summed E-state index contributed by atoms with van der Waals surface area (Å²) in [6.45, 7) is 4.70. The molecule has 0 amide bonds. The van der Waals surface area contributed by atoms with E-state index in [0.717, 1.165) is 28.2 Å². The maximum atomic E-state index is 6.31. The van der Waals surface area contributed by atoms with E-state index in [4.69, 9.17) is 4.42 Å². The van der Waals surface area contributed by atoms with E-state index >= 15 is 0 Å². The second-order valence-electron chi connectivity index (χ2n) is 12.6. The Hall–Kier alpha value is -5.60. The van der Waals surface area contributed by atoms with E-state index in [0.29, 0.717) is 0 Å². The van der Waals surface area contributed by atoms with Crippen LogP contribution in [-0.2, 0) is 5.41 Å².